The van der Waals surface area contributed by atoms with Crippen LogP contribution in [0.15, 0.2) is 127 Å². The van der Waals surface area contributed by atoms with Crippen LogP contribution in [0.1, 0.15) is 61.4 Å². The third-order valence-electron chi connectivity index (χ3n) is 14.3. The number of hydrogen-bond acceptors (Lipinski definition) is 10. The van der Waals surface area contributed by atoms with E-state index in [0.29, 0.717) is 31.1 Å². The monoisotopic (exact) mass is 925 g/mol. The Morgan fingerprint density at radius 1 is 0.855 bits per heavy atom. The van der Waals surface area contributed by atoms with Gasteiger partial charge in [0.15, 0.2) is 5.60 Å². The number of aromatic hydroxyl groups is 1. The summed E-state index contributed by atoms with van der Waals surface area (Å²) in [4.78, 5) is 29.0. The molecule has 2 unspecified atom stereocenters. The largest absolute Gasteiger partial charge is 0.506 e. The van der Waals surface area contributed by atoms with E-state index in [2.05, 4.69) is 127 Å². The Hall–Kier alpha value is -7.24. The number of amides is 1. The average molecular weight is 926 g/mol. The van der Waals surface area contributed by atoms with Gasteiger partial charge in [0.2, 0.25) is 0 Å². The highest BCUT2D eigenvalue weighted by molar-refractivity contribution is 6.10. The molecule has 10 rings (SSSR count). The van der Waals surface area contributed by atoms with Gasteiger partial charge in [0, 0.05) is 76.4 Å². The number of alkyl carbamates (subject to hydrolysis) is 1. The normalized spacial score (nSPS) is 18.9. The van der Waals surface area contributed by atoms with Crippen molar-refractivity contribution >= 4 is 40.3 Å². The second-order valence-electron chi connectivity index (χ2n) is 19.0. The molecule has 1 aliphatic carbocycles. The topological polar surface area (TPSA) is 119 Å². The van der Waals surface area contributed by atoms with E-state index in [4.69, 9.17) is 23.7 Å². The van der Waals surface area contributed by atoms with Crippen LogP contribution in [0.2, 0.25) is 0 Å². The fraction of sp³-hybridized carbons (Fsp3) is 0.310. The van der Waals surface area contributed by atoms with Crippen LogP contribution in [0.3, 0.4) is 0 Å². The van der Waals surface area contributed by atoms with Crippen molar-refractivity contribution in [1.29, 1.82) is 0 Å². The second-order valence-corrected chi connectivity index (χ2v) is 19.0. The zero-order valence-electron chi connectivity index (χ0n) is 39.8. The van der Waals surface area contributed by atoms with Gasteiger partial charge < -0.3 is 43.9 Å². The minimum atomic E-state index is -0.985. The molecular weight excluding hydrogens is 867 g/mol. The van der Waals surface area contributed by atoms with Gasteiger partial charge in [-0.3, -0.25) is 0 Å². The van der Waals surface area contributed by atoms with E-state index in [1.54, 1.807) is 14.0 Å². The molecule has 0 spiro atoms. The number of rotatable bonds is 12. The SMILES string of the molecule is C=C(C)C(=O)OCCNC(=O)OCC1CCCN(c2cc3c4c(c5c(c3cc2O)OC(c2ccccc2)(c2ccc(N3CCOCC3)cc2)C=C5)C(C)(C)c2cc(-c3ccccc3OC)ccc2-4)C1. The molecule has 6 aromatic carbocycles. The second kappa shape index (κ2) is 18.7. The smallest absolute Gasteiger partial charge is 0.407 e. The summed E-state index contributed by atoms with van der Waals surface area (Å²) in [6.45, 7) is 14.5. The van der Waals surface area contributed by atoms with Crippen LogP contribution in [0.5, 0.6) is 17.2 Å². The van der Waals surface area contributed by atoms with E-state index in [0.717, 1.165) is 99.3 Å². The van der Waals surface area contributed by atoms with Crippen LogP contribution in [0, 0.1) is 5.92 Å². The molecule has 4 aliphatic rings. The fourth-order valence-corrected chi connectivity index (χ4v) is 10.8. The Balaban J connectivity index is 1.06. The minimum absolute atomic E-state index is 0.0216. The quantitative estimate of drug-likeness (QED) is 0.0698. The lowest BCUT2D eigenvalue weighted by Gasteiger charge is -2.39. The molecule has 11 nitrogen and oxygen atoms in total. The van der Waals surface area contributed by atoms with Gasteiger partial charge in [0.1, 0.15) is 23.9 Å². The maximum absolute atomic E-state index is 12.7. The number of morpholine rings is 1. The van der Waals surface area contributed by atoms with E-state index in [1.165, 1.54) is 11.1 Å². The number of esters is 1. The number of carbonyl (C=O) groups is 2. The van der Waals surface area contributed by atoms with Gasteiger partial charge in [-0.15, -0.1) is 0 Å². The molecule has 2 saturated heterocycles. The number of hydrogen-bond donors (Lipinski definition) is 2. The number of para-hydroxylation sites is 1. The van der Waals surface area contributed by atoms with Crippen LogP contribution in [0.25, 0.3) is 39.1 Å². The fourth-order valence-electron chi connectivity index (χ4n) is 10.8. The molecule has 3 aliphatic heterocycles. The van der Waals surface area contributed by atoms with Crippen molar-refractivity contribution in [2.75, 3.05) is 76.1 Å². The van der Waals surface area contributed by atoms with E-state index < -0.39 is 23.1 Å². The van der Waals surface area contributed by atoms with Gasteiger partial charge in [-0.2, -0.15) is 0 Å². The molecule has 0 aromatic heterocycles. The van der Waals surface area contributed by atoms with Crippen LogP contribution in [-0.2, 0) is 30.0 Å². The summed E-state index contributed by atoms with van der Waals surface area (Å²) in [5, 5.41) is 16.7. The van der Waals surface area contributed by atoms with Gasteiger partial charge in [-0.25, -0.2) is 9.59 Å². The lowest BCUT2D eigenvalue weighted by atomic mass is 9.76. The summed E-state index contributed by atoms with van der Waals surface area (Å²) < 4.78 is 29.9. The predicted octanol–water partition coefficient (Wildman–Crippen LogP) is 10.8. The molecule has 2 N–H and O–H groups in total. The number of fused-ring (bicyclic) bond motifs is 8. The molecule has 11 heteroatoms. The molecular formula is C58H59N3O8. The minimum Gasteiger partial charge on any atom is -0.506 e. The van der Waals surface area contributed by atoms with Gasteiger partial charge in [0.05, 0.1) is 39.2 Å². The summed E-state index contributed by atoms with van der Waals surface area (Å²) in [6.07, 6.45) is 5.60. The van der Waals surface area contributed by atoms with Crippen molar-refractivity contribution in [2.45, 2.75) is 44.6 Å². The van der Waals surface area contributed by atoms with Crippen molar-refractivity contribution in [3.63, 3.8) is 0 Å². The number of benzene rings is 6. The van der Waals surface area contributed by atoms with Crippen LogP contribution in [0.4, 0.5) is 16.2 Å². The molecule has 2 fully saturated rings. The van der Waals surface area contributed by atoms with Gasteiger partial charge >= 0.3 is 12.1 Å². The number of phenols is 1. The highest BCUT2D eigenvalue weighted by atomic mass is 16.6. The number of anilines is 2. The highest BCUT2D eigenvalue weighted by Gasteiger charge is 2.45. The van der Waals surface area contributed by atoms with Gasteiger partial charge in [-0.1, -0.05) is 99.3 Å². The van der Waals surface area contributed by atoms with Crippen molar-refractivity contribution in [2.24, 2.45) is 5.92 Å². The molecule has 1 amide bonds. The van der Waals surface area contributed by atoms with E-state index in [-0.39, 0.29) is 31.4 Å². The van der Waals surface area contributed by atoms with E-state index in [1.807, 2.05) is 30.3 Å². The summed E-state index contributed by atoms with van der Waals surface area (Å²) >= 11 is 0. The zero-order chi connectivity index (χ0) is 47.9. The van der Waals surface area contributed by atoms with E-state index >= 15 is 0 Å². The Morgan fingerprint density at radius 2 is 1.61 bits per heavy atom. The van der Waals surface area contributed by atoms with Crippen LogP contribution >= 0.6 is 0 Å². The van der Waals surface area contributed by atoms with Crippen LogP contribution < -0.4 is 24.6 Å². The first-order chi connectivity index (χ1) is 33.5. The molecule has 69 heavy (non-hydrogen) atoms. The lowest BCUT2D eigenvalue weighted by Crippen LogP contribution is -2.38. The molecule has 3 heterocycles. The molecule has 0 bridgehead atoms. The Morgan fingerprint density at radius 3 is 2.38 bits per heavy atom. The van der Waals surface area contributed by atoms with Crippen molar-refractivity contribution in [3.8, 4) is 39.5 Å². The number of piperidine rings is 1. The molecule has 0 radical (unpaired) electrons. The Labute approximate surface area is 403 Å². The Bertz CT molecular complexity index is 2980. The molecule has 0 saturated carbocycles. The summed E-state index contributed by atoms with van der Waals surface area (Å²) in [7, 11) is 1.71. The summed E-state index contributed by atoms with van der Waals surface area (Å²) in [5.41, 5.74) is 10.4. The predicted molar refractivity (Wildman–Crippen MR) is 272 cm³/mol. The standard InChI is InChI=1S/C58H59N3O8/c1-37(2)55(63)67-29-25-59-56(64)68-36-38-12-11-26-61(35-38)49-33-46-47(34-50(49)62)54-45(53-52(46)44-22-17-39(32-48(44)57(53,3)4)43-15-9-10-16-51(43)65-5)23-24-58(69-54,40-13-7-6-8-14-40)41-18-20-42(21-19-41)60-27-30-66-31-28-60/h6-10,13-24,32-34,38,62H,1,11-12,25-31,35-36H2,2-5H3,(H,59,64). The van der Waals surface area contributed by atoms with Gasteiger partial charge in [0.25, 0.3) is 0 Å². The first-order valence-electron chi connectivity index (χ1n) is 24.0. The maximum Gasteiger partial charge on any atom is 0.407 e. The summed E-state index contributed by atoms with van der Waals surface area (Å²) in [5.74, 6) is 1.20. The van der Waals surface area contributed by atoms with E-state index in [9.17, 15) is 14.7 Å². The van der Waals surface area contributed by atoms with Crippen molar-refractivity contribution < 1.29 is 38.4 Å². The third kappa shape index (κ3) is 8.43. The average Bonchev–Trinajstić information content (AvgIpc) is 3.62. The first kappa shape index (κ1) is 45.5. The number of nitrogens with zero attached hydrogens (tertiary/aromatic N) is 2. The molecule has 354 valence electrons. The summed E-state index contributed by atoms with van der Waals surface area (Å²) in [6, 6.07) is 38.0. The third-order valence-corrected chi connectivity index (χ3v) is 14.3. The Kier molecular flexibility index (Phi) is 12.3. The van der Waals surface area contributed by atoms with Gasteiger partial charge in [-0.05, 0) is 95.4 Å². The molecule has 2 atom stereocenters. The zero-order valence-corrected chi connectivity index (χ0v) is 39.8. The number of methoxy groups -OCH3 is 1. The van der Waals surface area contributed by atoms with Crippen molar-refractivity contribution in [1.82, 2.24) is 5.32 Å². The number of ether oxygens (including phenoxy) is 5. The van der Waals surface area contributed by atoms with Crippen LogP contribution in [-0.4, -0.2) is 83.4 Å². The lowest BCUT2D eigenvalue weighted by molar-refractivity contribution is -0.138. The highest BCUT2D eigenvalue weighted by Crippen LogP contribution is 2.60. The number of nitrogens with one attached hydrogen (secondary N) is 1. The first-order valence-corrected chi connectivity index (χ1v) is 24.0. The molecule has 6 aromatic rings. The maximum atomic E-state index is 12.7. The van der Waals surface area contributed by atoms with Crippen molar-refractivity contribution in [3.05, 3.63) is 155 Å². The number of phenolic OH excluding ortho intramolecular Hbond substituents is 1. The number of carbonyl (C=O) groups excluding carboxylic acids is 2.